The van der Waals surface area contributed by atoms with E-state index in [4.69, 9.17) is 5.11 Å². The molecule has 0 radical (unpaired) electrons. The Bertz CT molecular complexity index is 453. The van der Waals surface area contributed by atoms with Crippen LogP contribution in [0, 0.1) is 6.92 Å². The minimum absolute atomic E-state index is 0.293. The number of nitrogens with one attached hydrogen (secondary N) is 1. The van der Waals surface area contributed by atoms with Gasteiger partial charge in [0.25, 0.3) is 0 Å². The predicted molar refractivity (Wildman–Crippen MR) is 81.6 cm³/mol. The second kappa shape index (κ2) is 6.13. The lowest BCUT2D eigenvalue weighted by Gasteiger charge is -2.35. The highest BCUT2D eigenvalue weighted by Crippen LogP contribution is 2.39. The second-order valence-corrected chi connectivity index (χ2v) is 7.31. The molecule has 1 fully saturated rings. The Morgan fingerprint density at radius 1 is 1.47 bits per heavy atom. The molecule has 1 aromatic rings. The number of thioether (sulfide) groups is 1. The van der Waals surface area contributed by atoms with Gasteiger partial charge in [-0.1, -0.05) is 30.6 Å². The maximum absolute atomic E-state index is 11.0. The number of nitrogens with zero attached hydrogens (tertiary/aromatic N) is 1. The number of rotatable bonds is 5. The van der Waals surface area contributed by atoms with Gasteiger partial charge in [-0.15, -0.1) is 0 Å². The smallest absolute Gasteiger partial charge is 0.347 e. The molecule has 2 rings (SSSR count). The first-order valence-corrected chi connectivity index (χ1v) is 8.60. The molecule has 0 unspecified atom stereocenters. The molecule has 0 aromatic carbocycles. The van der Waals surface area contributed by atoms with Crippen molar-refractivity contribution in [1.29, 1.82) is 0 Å². The van der Waals surface area contributed by atoms with Crippen LogP contribution >= 0.6 is 23.1 Å². The molecule has 0 atom stereocenters. The minimum Gasteiger partial charge on any atom is -0.477 e. The molecular formula is C13H20N2O2S2. The number of aryl methyl sites for hydroxylation is 1. The van der Waals surface area contributed by atoms with Gasteiger partial charge in [0.15, 0.2) is 5.13 Å². The van der Waals surface area contributed by atoms with Crippen LogP contribution in [0.4, 0.5) is 5.13 Å². The maximum Gasteiger partial charge on any atom is 0.347 e. The van der Waals surface area contributed by atoms with E-state index in [-0.39, 0.29) is 0 Å². The summed E-state index contributed by atoms with van der Waals surface area (Å²) in [6.45, 7) is 2.62. The van der Waals surface area contributed by atoms with Crippen LogP contribution in [0.3, 0.4) is 0 Å². The molecule has 1 heterocycles. The predicted octanol–water partition coefficient (Wildman–Crippen LogP) is 3.63. The van der Waals surface area contributed by atoms with Crippen molar-refractivity contribution in [2.75, 3.05) is 18.1 Å². The molecule has 106 valence electrons. The van der Waals surface area contributed by atoms with Gasteiger partial charge < -0.3 is 10.4 Å². The first-order chi connectivity index (χ1) is 9.06. The van der Waals surface area contributed by atoms with Gasteiger partial charge in [0, 0.05) is 11.3 Å². The molecule has 1 aromatic heterocycles. The summed E-state index contributed by atoms with van der Waals surface area (Å²) in [7, 11) is 0. The Hall–Kier alpha value is -0.750. The molecule has 0 aliphatic heterocycles. The molecule has 1 saturated carbocycles. The zero-order valence-electron chi connectivity index (χ0n) is 11.4. The quantitative estimate of drug-likeness (QED) is 0.869. The van der Waals surface area contributed by atoms with Crippen LogP contribution in [0.1, 0.15) is 47.5 Å². The Morgan fingerprint density at radius 3 is 2.68 bits per heavy atom. The molecule has 4 nitrogen and oxygen atoms in total. The SMILES string of the molecule is CSC1(CNc2nc(C)c(C(=O)O)s2)CCCCC1. The van der Waals surface area contributed by atoms with E-state index in [1.807, 2.05) is 11.8 Å². The van der Waals surface area contributed by atoms with Crippen molar-refractivity contribution in [3.63, 3.8) is 0 Å². The fourth-order valence-electron chi connectivity index (χ4n) is 2.56. The molecule has 0 saturated heterocycles. The number of aromatic nitrogens is 1. The van der Waals surface area contributed by atoms with Crippen LogP contribution in [0.25, 0.3) is 0 Å². The number of hydrogen-bond acceptors (Lipinski definition) is 5. The molecule has 1 aliphatic carbocycles. The fourth-order valence-corrected chi connectivity index (χ4v) is 4.27. The number of hydrogen-bond donors (Lipinski definition) is 2. The average molecular weight is 300 g/mol. The van der Waals surface area contributed by atoms with Crippen LogP contribution in [-0.4, -0.2) is 33.6 Å². The van der Waals surface area contributed by atoms with E-state index in [2.05, 4.69) is 16.6 Å². The van der Waals surface area contributed by atoms with Crippen LogP contribution in [-0.2, 0) is 0 Å². The molecule has 0 bridgehead atoms. The standard InChI is InChI=1S/C13H20N2O2S2/c1-9-10(11(16)17)19-12(15-9)14-8-13(18-2)6-4-3-5-7-13/h3-8H2,1-2H3,(H,14,15)(H,16,17). The summed E-state index contributed by atoms with van der Waals surface area (Å²) in [5, 5.41) is 13.1. The third-order valence-electron chi connectivity index (χ3n) is 3.75. The van der Waals surface area contributed by atoms with E-state index in [1.54, 1.807) is 6.92 Å². The van der Waals surface area contributed by atoms with Crippen LogP contribution in [0.5, 0.6) is 0 Å². The lowest BCUT2D eigenvalue weighted by atomic mass is 9.88. The van der Waals surface area contributed by atoms with Crippen molar-refractivity contribution in [3.05, 3.63) is 10.6 Å². The van der Waals surface area contributed by atoms with E-state index in [9.17, 15) is 4.79 Å². The normalized spacial score (nSPS) is 18.2. The summed E-state index contributed by atoms with van der Waals surface area (Å²) in [6, 6.07) is 0. The van der Waals surface area contributed by atoms with Crippen molar-refractivity contribution >= 4 is 34.2 Å². The number of carboxylic acids is 1. The Labute approximate surface area is 122 Å². The summed E-state index contributed by atoms with van der Waals surface area (Å²) >= 11 is 3.16. The molecule has 0 spiro atoms. The monoisotopic (exact) mass is 300 g/mol. The maximum atomic E-state index is 11.0. The largest absolute Gasteiger partial charge is 0.477 e. The Morgan fingerprint density at radius 2 is 2.16 bits per heavy atom. The van der Waals surface area contributed by atoms with Gasteiger partial charge in [-0.2, -0.15) is 11.8 Å². The highest BCUT2D eigenvalue weighted by Gasteiger charge is 2.31. The zero-order valence-corrected chi connectivity index (χ0v) is 13.0. The van der Waals surface area contributed by atoms with Crippen molar-refractivity contribution in [2.24, 2.45) is 0 Å². The van der Waals surface area contributed by atoms with E-state index in [0.717, 1.165) is 11.7 Å². The third kappa shape index (κ3) is 3.42. The van der Waals surface area contributed by atoms with Crippen molar-refractivity contribution < 1.29 is 9.90 Å². The first kappa shape index (κ1) is 14.7. The summed E-state index contributed by atoms with van der Waals surface area (Å²) in [6.07, 6.45) is 8.55. The molecule has 2 N–H and O–H groups in total. The van der Waals surface area contributed by atoms with Crippen molar-refractivity contribution in [1.82, 2.24) is 4.98 Å². The van der Waals surface area contributed by atoms with Gasteiger partial charge in [0.1, 0.15) is 4.88 Å². The van der Waals surface area contributed by atoms with E-state index in [1.165, 1.54) is 43.4 Å². The van der Waals surface area contributed by atoms with Gasteiger partial charge in [-0.05, 0) is 26.0 Å². The van der Waals surface area contributed by atoms with E-state index in [0.29, 0.717) is 15.3 Å². The van der Waals surface area contributed by atoms with Crippen molar-refractivity contribution in [3.8, 4) is 0 Å². The van der Waals surface area contributed by atoms with Gasteiger partial charge in [0.05, 0.1) is 5.69 Å². The number of carboxylic acid groups (broad SMARTS) is 1. The lowest BCUT2D eigenvalue weighted by molar-refractivity contribution is 0.0701. The first-order valence-electron chi connectivity index (χ1n) is 6.56. The van der Waals surface area contributed by atoms with Gasteiger partial charge in [0.2, 0.25) is 0 Å². The number of anilines is 1. The average Bonchev–Trinajstić information content (AvgIpc) is 2.79. The second-order valence-electron chi connectivity index (χ2n) is 5.04. The summed E-state index contributed by atoms with van der Waals surface area (Å²) in [5.41, 5.74) is 0.599. The number of carbonyl (C=O) groups is 1. The van der Waals surface area contributed by atoms with E-state index < -0.39 is 5.97 Å². The van der Waals surface area contributed by atoms with Crippen LogP contribution in [0.15, 0.2) is 0 Å². The summed E-state index contributed by atoms with van der Waals surface area (Å²) in [4.78, 5) is 15.6. The lowest BCUT2D eigenvalue weighted by Crippen LogP contribution is -2.35. The van der Waals surface area contributed by atoms with Crippen LogP contribution in [0.2, 0.25) is 0 Å². The zero-order chi connectivity index (χ0) is 13.9. The summed E-state index contributed by atoms with van der Waals surface area (Å²) < 4.78 is 0.293. The number of aromatic carboxylic acids is 1. The topological polar surface area (TPSA) is 62.2 Å². The van der Waals surface area contributed by atoms with Crippen molar-refractivity contribution in [2.45, 2.75) is 43.8 Å². The highest BCUT2D eigenvalue weighted by molar-refractivity contribution is 8.00. The third-order valence-corrected chi connectivity index (χ3v) is 6.27. The molecule has 1 aliphatic rings. The van der Waals surface area contributed by atoms with Crippen LogP contribution < -0.4 is 5.32 Å². The number of thiazole rings is 1. The molecule has 19 heavy (non-hydrogen) atoms. The highest BCUT2D eigenvalue weighted by atomic mass is 32.2. The van der Waals surface area contributed by atoms with E-state index >= 15 is 0 Å². The molecular weight excluding hydrogens is 280 g/mol. The molecule has 0 amide bonds. The fraction of sp³-hybridized carbons (Fsp3) is 0.692. The molecule has 6 heteroatoms. The Kier molecular flexibility index (Phi) is 4.73. The Balaban J connectivity index is 2.01. The summed E-state index contributed by atoms with van der Waals surface area (Å²) in [5.74, 6) is -0.889. The van der Waals surface area contributed by atoms with Gasteiger partial charge in [-0.25, -0.2) is 9.78 Å². The minimum atomic E-state index is -0.889. The van der Waals surface area contributed by atoms with Gasteiger partial charge in [-0.3, -0.25) is 0 Å². The van der Waals surface area contributed by atoms with Gasteiger partial charge >= 0.3 is 5.97 Å².